The van der Waals surface area contributed by atoms with Crippen LogP contribution in [0.2, 0.25) is 0 Å². The quantitative estimate of drug-likeness (QED) is 0.504. The van der Waals surface area contributed by atoms with Gasteiger partial charge in [0.1, 0.15) is 0 Å². The molecular weight excluding hydrogens is 280 g/mol. The Balaban J connectivity index is 2.44. The molecule has 0 spiro atoms. The highest BCUT2D eigenvalue weighted by Crippen LogP contribution is 2.24. The van der Waals surface area contributed by atoms with Crippen LogP contribution in [0, 0.1) is 6.92 Å². The fraction of sp³-hybridized carbons (Fsp3) is 0.571. The first-order chi connectivity index (χ1) is 7.77. The maximum atomic E-state index is 3.63. The molecule has 0 amide bonds. The summed E-state index contributed by atoms with van der Waals surface area (Å²) in [6.07, 6.45) is 2.62. The van der Waals surface area contributed by atoms with E-state index in [-0.39, 0.29) is 0 Å². The van der Waals surface area contributed by atoms with Crippen molar-refractivity contribution in [3.63, 3.8) is 0 Å². The summed E-state index contributed by atoms with van der Waals surface area (Å²) < 4.78 is 0. The number of hydrogen-bond donors (Lipinski definition) is 0. The number of aryl methyl sites for hydroxylation is 1. The Morgan fingerprint density at radius 1 is 1.25 bits per heavy atom. The summed E-state index contributed by atoms with van der Waals surface area (Å²) in [6, 6.07) is 8.97. The van der Waals surface area contributed by atoms with Gasteiger partial charge in [0, 0.05) is 5.33 Å². The first kappa shape index (κ1) is 14.1. The van der Waals surface area contributed by atoms with Gasteiger partial charge in [0.15, 0.2) is 0 Å². The lowest BCUT2D eigenvalue weighted by Gasteiger charge is -2.14. The van der Waals surface area contributed by atoms with E-state index in [1.807, 2.05) is 11.8 Å². The molecule has 0 heterocycles. The van der Waals surface area contributed by atoms with Crippen LogP contribution in [0.1, 0.15) is 36.8 Å². The lowest BCUT2D eigenvalue weighted by atomic mass is 9.96. The van der Waals surface area contributed by atoms with Gasteiger partial charge in [-0.15, -0.1) is 0 Å². The Labute approximate surface area is 112 Å². The molecule has 0 aliphatic rings. The highest BCUT2D eigenvalue weighted by molar-refractivity contribution is 9.09. The van der Waals surface area contributed by atoms with E-state index in [0.29, 0.717) is 5.92 Å². The number of alkyl halides is 1. The molecular formula is C14H21BrS. The zero-order chi connectivity index (χ0) is 11.8. The number of benzene rings is 1. The van der Waals surface area contributed by atoms with Crippen LogP contribution in [0.25, 0.3) is 0 Å². The third-order valence-electron chi connectivity index (χ3n) is 2.78. The van der Waals surface area contributed by atoms with Gasteiger partial charge in [0.05, 0.1) is 0 Å². The molecule has 1 aromatic carbocycles. The minimum absolute atomic E-state index is 0.679. The molecule has 0 saturated heterocycles. The van der Waals surface area contributed by atoms with Gasteiger partial charge in [-0.3, -0.25) is 0 Å². The molecule has 0 radical (unpaired) electrons. The van der Waals surface area contributed by atoms with Gasteiger partial charge in [-0.1, -0.05) is 52.7 Å². The summed E-state index contributed by atoms with van der Waals surface area (Å²) in [5.41, 5.74) is 2.82. The van der Waals surface area contributed by atoms with Crippen molar-refractivity contribution < 1.29 is 0 Å². The lowest BCUT2D eigenvalue weighted by Crippen LogP contribution is -2.01. The largest absolute Gasteiger partial charge is 0.162 e. The van der Waals surface area contributed by atoms with Crippen LogP contribution >= 0.6 is 27.7 Å². The van der Waals surface area contributed by atoms with Crippen LogP contribution in [0.4, 0.5) is 0 Å². The molecule has 1 aromatic rings. The van der Waals surface area contributed by atoms with E-state index < -0.39 is 0 Å². The lowest BCUT2D eigenvalue weighted by molar-refractivity contribution is 0.681. The van der Waals surface area contributed by atoms with Crippen molar-refractivity contribution in [3.05, 3.63) is 35.4 Å². The van der Waals surface area contributed by atoms with Crippen LogP contribution in [-0.4, -0.2) is 16.8 Å². The van der Waals surface area contributed by atoms with Gasteiger partial charge in [0.25, 0.3) is 0 Å². The summed E-state index contributed by atoms with van der Waals surface area (Å²) in [5, 5.41) is 1.08. The molecule has 0 saturated carbocycles. The minimum atomic E-state index is 0.679. The molecule has 0 aromatic heterocycles. The van der Waals surface area contributed by atoms with E-state index >= 15 is 0 Å². The second-order valence-corrected chi connectivity index (χ2v) is 6.14. The Morgan fingerprint density at radius 3 is 2.50 bits per heavy atom. The molecule has 90 valence electrons. The molecule has 16 heavy (non-hydrogen) atoms. The minimum Gasteiger partial charge on any atom is -0.162 e. The molecule has 1 rings (SSSR count). The Kier molecular flexibility index (Phi) is 7.22. The smallest absolute Gasteiger partial charge is 0.0100 e. The molecule has 0 N–H and O–H groups in total. The van der Waals surface area contributed by atoms with Crippen molar-refractivity contribution in [2.45, 2.75) is 32.6 Å². The normalized spacial score (nSPS) is 12.7. The van der Waals surface area contributed by atoms with Gasteiger partial charge in [-0.05, 0) is 42.8 Å². The summed E-state index contributed by atoms with van der Waals surface area (Å²) in [7, 11) is 0. The molecule has 1 atom stereocenters. The van der Waals surface area contributed by atoms with E-state index in [1.54, 1.807) is 0 Å². The van der Waals surface area contributed by atoms with E-state index in [9.17, 15) is 0 Å². The molecule has 0 nitrogen and oxygen atoms in total. The Morgan fingerprint density at radius 2 is 1.94 bits per heavy atom. The fourth-order valence-electron chi connectivity index (χ4n) is 1.75. The summed E-state index contributed by atoms with van der Waals surface area (Å²) in [6.45, 7) is 4.37. The Hall–Kier alpha value is 0.0500. The summed E-state index contributed by atoms with van der Waals surface area (Å²) in [5.74, 6) is 3.22. The molecule has 0 aliphatic heterocycles. The van der Waals surface area contributed by atoms with Gasteiger partial charge in [-0.2, -0.15) is 11.8 Å². The van der Waals surface area contributed by atoms with Crippen molar-refractivity contribution in [1.82, 2.24) is 0 Å². The van der Waals surface area contributed by atoms with Crippen LogP contribution in [0.3, 0.4) is 0 Å². The average Bonchev–Trinajstić information content (AvgIpc) is 2.31. The maximum absolute atomic E-state index is 3.63. The predicted molar refractivity (Wildman–Crippen MR) is 79.9 cm³/mol. The van der Waals surface area contributed by atoms with Gasteiger partial charge in [-0.25, -0.2) is 0 Å². The monoisotopic (exact) mass is 300 g/mol. The highest BCUT2D eigenvalue weighted by atomic mass is 79.9. The van der Waals surface area contributed by atoms with Gasteiger partial charge >= 0.3 is 0 Å². The van der Waals surface area contributed by atoms with Crippen molar-refractivity contribution in [2.24, 2.45) is 0 Å². The fourth-order valence-corrected chi connectivity index (χ4v) is 3.10. The van der Waals surface area contributed by atoms with Crippen LogP contribution in [-0.2, 0) is 0 Å². The van der Waals surface area contributed by atoms with Gasteiger partial charge in [0.2, 0.25) is 0 Å². The number of rotatable bonds is 7. The van der Waals surface area contributed by atoms with E-state index in [4.69, 9.17) is 0 Å². The predicted octanol–water partition coefficient (Wildman–Crippen LogP) is 5.01. The van der Waals surface area contributed by atoms with Crippen LogP contribution in [0.5, 0.6) is 0 Å². The van der Waals surface area contributed by atoms with E-state index in [1.165, 1.54) is 35.5 Å². The number of thioether (sulfide) groups is 1. The summed E-state index contributed by atoms with van der Waals surface area (Å²) >= 11 is 5.68. The van der Waals surface area contributed by atoms with Crippen molar-refractivity contribution in [3.8, 4) is 0 Å². The third-order valence-corrected chi connectivity index (χ3v) is 4.55. The zero-order valence-electron chi connectivity index (χ0n) is 10.2. The first-order valence-electron chi connectivity index (χ1n) is 5.98. The molecule has 2 heteroatoms. The molecule has 0 aliphatic carbocycles. The third kappa shape index (κ3) is 4.92. The molecule has 0 bridgehead atoms. The zero-order valence-corrected chi connectivity index (χ0v) is 12.6. The standard InChI is InChI=1S/C14H21BrS/c1-3-16-10-4-5-14(11-15)13-8-6-12(2)7-9-13/h6-9,14H,3-5,10-11H2,1-2H3. The van der Waals surface area contributed by atoms with Crippen LogP contribution in [0.15, 0.2) is 24.3 Å². The average molecular weight is 301 g/mol. The van der Waals surface area contributed by atoms with E-state index in [2.05, 4.69) is 54.0 Å². The van der Waals surface area contributed by atoms with Gasteiger partial charge < -0.3 is 0 Å². The van der Waals surface area contributed by atoms with E-state index in [0.717, 1.165) is 5.33 Å². The van der Waals surface area contributed by atoms with Crippen LogP contribution < -0.4 is 0 Å². The van der Waals surface area contributed by atoms with Crippen molar-refractivity contribution in [1.29, 1.82) is 0 Å². The maximum Gasteiger partial charge on any atom is 0.0100 e. The van der Waals surface area contributed by atoms with Crippen molar-refractivity contribution >= 4 is 27.7 Å². The topological polar surface area (TPSA) is 0 Å². The molecule has 1 unspecified atom stereocenters. The SMILES string of the molecule is CCSCCCC(CBr)c1ccc(C)cc1. The highest BCUT2D eigenvalue weighted by Gasteiger charge is 2.09. The summed E-state index contributed by atoms with van der Waals surface area (Å²) in [4.78, 5) is 0. The second kappa shape index (κ2) is 8.19. The van der Waals surface area contributed by atoms with Crippen molar-refractivity contribution in [2.75, 3.05) is 16.8 Å². The number of hydrogen-bond acceptors (Lipinski definition) is 1. The number of halogens is 1. The second-order valence-electron chi connectivity index (χ2n) is 4.10. The Bertz CT molecular complexity index is 281. The molecule has 0 fully saturated rings. The first-order valence-corrected chi connectivity index (χ1v) is 8.25.